The maximum Gasteiger partial charge on any atom is 0.407 e. The number of alkyl halides is 4. The van der Waals surface area contributed by atoms with E-state index in [0.717, 1.165) is 25.7 Å². The predicted molar refractivity (Wildman–Crippen MR) is 120 cm³/mol. The summed E-state index contributed by atoms with van der Waals surface area (Å²) in [6.45, 7) is 0. The number of nitrogens with zero attached hydrogens (tertiary/aromatic N) is 4. The highest BCUT2D eigenvalue weighted by Crippen LogP contribution is 2.53. The quantitative estimate of drug-likeness (QED) is 0.423. The number of aromatic amines is 1. The van der Waals surface area contributed by atoms with Gasteiger partial charge in [-0.2, -0.15) is 18.3 Å². The second-order valence-electron chi connectivity index (χ2n) is 9.98. The fraction of sp³-hybridized carbons (Fsp3) is 0.565. The number of alkyl carbamates (subject to hydrolysis) is 1. The zero-order chi connectivity index (χ0) is 25.1. The number of H-pyrrole nitrogens is 1. The second-order valence-corrected chi connectivity index (χ2v) is 9.98. The molecule has 3 aromatic heterocycles. The summed E-state index contributed by atoms with van der Waals surface area (Å²) >= 11 is 0. The molecule has 3 heterocycles. The lowest BCUT2D eigenvalue weighted by Gasteiger charge is -2.58. The Balaban J connectivity index is 1.10. The van der Waals surface area contributed by atoms with E-state index in [1.165, 1.54) is 22.9 Å². The van der Waals surface area contributed by atoms with Crippen LogP contribution in [0.25, 0.3) is 5.65 Å². The molecule has 1 amide bonds. The molecular weight excluding hydrogens is 482 g/mol. The lowest BCUT2D eigenvalue weighted by molar-refractivity contribution is -0.127. The number of carbonyl (C=O) groups excluding carboxylic acids is 1. The van der Waals surface area contributed by atoms with Crippen molar-refractivity contribution in [3.05, 3.63) is 35.9 Å². The smallest absolute Gasteiger partial charge is 0.407 e. The van der Waals surface area contributed by atoms with Gasteiger partial charge >= 0.3 is 12.3 Å². The second kappa shape index (κ2) is 8.34. The Morgan fingerprint density at radius 2 is 2.06 bits per heavy atom. The van der Waals surface area contributed by atoms with Gasteiger partial charge in [0.25, 0.3) is 0 Å². The van der Waals surface area contributed by atoms with E-state index in [4.69, 9.17) is 4.74 Å². The zero-order valence-corrected chi connectivity index (χ0v) is 19.2. The van der Waals surface area contributed by atoms with E-state index in [2.05, 4.69) is 30.8 Å². The number of anilines is 2. The van der Waals surface area contributed by atoms with E-state index in [1.54, 1.807) is 6.07 Å². The van der Waals surface area contributed by atoms with Crippen molar-refractivity contribution in [1.82, 2.24) is 29.9 Å². The van der Waals surface area contributed by atoms with Gasteiger partial charge in [-0.1, -0.05) is 0 Å². The van der Waals surface area contributed by atoms with E-state index in [0.29, 0.717) is 35.9 Å². The van der Waals surface area contributed by atoms with E-state index in [1.807, 2.05) is 0 Å². The molecule has 0 unspecified atom stereocenters. The minimum atomic E-state index is -4.38. The van der Waals surface area contributed by atoms with Crippen molar-refractivity contribution in [2.24, 2.45) is 5.92 Å². The number of aromatic nitrogens is 5. The zero-order valence-electron chi connectivity index (χ0n) is 19.2. The fourth-order valence-corrected chi connectivity index (χ4v) is 5.69. The van der Waals surface area contributed by atoms with E-state index < -0.39 is 36.9 Å². The minimum absolute atomic E-state index is 0.132. The SMILES string of the molecule is O=C(NC12CCC1CC2)O[C@H]1CC[C@@H](c2cc(Nc3nccc4nc(CC(F)(F)F)cn34)n[nH]2)[C@H]1F. The van der Waals surface area contributed by atoms with Gasteiger partial charge in [0.1, 0.15) is 17.9 Å². The molecule has 0 spiro atoms. The highest BCUT2D eigenvalue weighted by Gasteiger charge is 2.55. The molecule has 9 nitrogen and oxygen atoms in total. The molecule has 0 radical (unpaired) electrons. The minimum Gasteiger partial charge on any atom is -0.443 e. The van der Waals surface area contributed by atoms with E-state index in [-0.39, 0.29) is 17.2 Å². The molecule has 3 aromatic rings. The number of rotatable bonds is 6. The van der Waals surface area contributed by atoms with Crippen LogP contribution in [0, 0.1) is 5.92 Å². The van der Waals surface area contributed by atoms with Gasteiger partial charge in [-0.3, -0.25) is 9.50 Å². The van der Waals surface area contributed by atoms with Crippen LogP contribution in [0.1, 0.15) is 55.8 Å². The first kappa shape index (κ1) is 23.0. The molecular formula is C23H25F4N7O2. The number of carbonyl (C=O) groups is 1. The van der Waals surface area contributed by atoms with Crippen molar-refractivity contribution in [2.75, 3.05) is 5.32 Å². The monoisotopic (exact) mass is 507 g/mol. The lowest BCUT2D eigenvalue weighted by atomic mass is 9.53. The molecule has 3 fully saturated rings. The van der Waals surface area contributed by atoms with Crippen LogP contribution in [0.2, 0.25) is 0 Å². The Bertz CT molecular complexity index is 1280. The molecule has 0 bridgehead atoms. The molecule has 0 aromatic carbocycles. The molecule has 3 aliphatic rings. The third kappa shape index (κ3) is 4.13. The number of imidazole rings is 1. The van der Waals surface area contributed by atoms with Gasteiger partial charge in [0, 0.05) is 35.6 Å². The number of amides is 1. The normalized spacial score (nSPS) is 29.3. The van der Waals surface area contributed by atoms with Gasteiger partial charge in [0.05, 0.1) is 12.1 Å². The number of hydrogen-bond acceptors (Lipinski definition) is 6. The molecule has 3 atom stereocenters. The summed E-state index contributed by atoms with van der Waals surface area (Å²) in [5.74, 6) is 0.541. The summed E-state index contributed by atoms with van der Waals surface area (Å²) in [6.07, 6.45) is -0.595. The van der Waals surface area contributed by atoms with Gasteiger partial charge in [0.15, 0.2) is 5.82 Å². The summed E-state index contributed by atoms with van der Waals surface area (Å²) < 4.78 is 60.3. The lowest BCUT2D eigenvalue weighted by Crippen LogP contribution is -2.66. The van der Waals surface area contributed by atoms with Crippen LogP contribution in [-0.2, 0) is 11.2 Å². The molecule has 36 heavy (non-hydrogen) atoms. The number of fused-ring (bicyclic) bond motifs is 2. The Kier molecular flexibility index (Phi) is 5.34. The summed E-state index contributed by atoms with van der Waals surface area (Å²) in [6, 6.07) is 3.12. The maximum absolute atomic E-state index is 15.2. The first-order valence-electron chi connectivity index (χ1n) is 12.0. The van der Waals surface area contributed by atoms with Crippen LogP contribution < -0.4 is 10.6 Å². The van der Waals surface area contributed by atoms with Crippen LogP contribution in [-0.4, -0.2) is 54.7 Å². The number of nitrogens with one attached hydrogen (secondary N) is 3. The van der Waals surface area contributed by atoms with Gasteiger partial charge in [-0.15, -0.1) is 0 Å². The van der Waals surface area contributed by atoms with Crippen LogP contribution in [0.5, 0.6) is 0 Å². The fourth-order valence-electron chi connectivity index (χ4n) is 5.69. The van der Waals surface area contributed by atoms with Crippen molar-refractivity contribution < 1.29 is 27.1 Å². The average Bonchev–Trinajstić information content (AvgIpc) is 3.51. The van der Waals surface area contributed by atoms with Crippen LogP contribution in [0.15, 0.2) is 24.5 Å². The Morgan fingerprint density at radius 3 is 2.75 bits per heavy atom. The van der Waals surface area contributed by atoms with Crippen LogP contribution in [0.4, 0.5) is 34.1 Å². The molecule has 0 aliphatic heterocycles. The van der Waals surface area contributed by atoms with E-state index >= 15 is 4.39 Å². The van der Waals surface area contributed by atoms with Crippen LogP contribution >= 0.6 is 0 Å². The Hall–Kier alpha value is -3.38. The predicted octanol–water partition coefficient (Wildman–Crippen LogP) is 4.55. The van der Waals surface area contributed by atoms with Gasteiger partial charge in [-0.25, -0.2) is 19.2 Å². The summed E-state index contributed by atoms with van der Waals surface area (Å²) in [4.78, 5) is 20.5. The van der Waals surface area contributed by atoms with Gasteiger partial charge in [0.2, 0.25) is 5.95 Å². The highest BCUT2D eigenvalue weighted by molar-refractivity contribution is 5.69. The molecule has 13 heteroatoms. The maximum atomic E-state index is 15.2. The van der Waals surface area contributed by atoms with Crippen molar-refractivity contribution in [1.29, 1.82) is 0 Å². The number of ether oxygens (including phenoxy) is 1. The molecule has 3 N–H and O–H groups in total. The van der Waals surface area contributed by atoms with Crippen molar-refractivity contribution in [2.45, 2.75) is 74.9 Å². The molecule has 6 rings (SSSR count). The first-order valence-corrected chi connectivity index (χ1v) is 12.0. The van der Waals surface area contributed by atoms with Gasteiger partial charge < -0.3 is 15.4 Å². The molecule has 0 saturated heterocycles. The molecule has 3 aliphatic carbocycles. The molecule has 192 valence electrons. The Labute approximate surface area is 203 Å². The van der Waals surface area contributed by atoms with Crippen molar-refractivity contribution in [3.8, 4) is 0 Å². The highest BCUT2D eigenvalue weighted by atomic mass is 19.4. The standard InChI is InChI=1S/C23H25F4N7O2/c24-19-14(1-2-16(19)36-21(35)31-22-6-3-12(22)4-7-22)15-9-17(33-32-15)30-20-28-8-5-18-29-13(11-34(18)20)10-23(25,26)27/h5,8-9,11-12,14,16,19H,1-4,6-7,10H2,(H,31,35)(H2,28,30,32,33)/t12?,14-,16-,19+,22?/m0/s1. The topological polar surface area (TPSA) is 109 Å². The van der Waals surface area contributed by atoms with Gasteiger partial charge in [-0.05, 0) is 50.5 Å². The number of hydrogen-bond donors (Lipinski definition) is 3. The average molecular weight is 507 g/mol. The summed E-state index contributed by atoms with van der Waals surface area (Å²) in [7, 11) is 0. The third-order valence-electron chi connectivity index (χ3n) is 7.82. The summed E-state index contributed by atoms with van der Waals surface area (Å²) in [5, 5.41) is 12.9. The largest absolute Gasteiger partial charge is 0.443 e. The van der Waals surface area contributed by atoms with E-state index in [9.17, 15) is 18.0 Å². The summed E-state index contributed by atoms with van der Waals surface area (Å²) in [5.41, 5.74) is 0.566. The van der Waals surface area contributed by atoms with Crippen molar-refractivity contribution in [3.63, 3.8) is 0 Å². The van der Waals surface area contributed by atoms with Crippen molar-refractivity contribution >= 4 is 23.5 Å². The third-order valence-corrected chi connectivity index (χ3v) is 7.82. The first-order chi connectivity index (χ1) is 17.2. The number of halogens is 4. The molecule has 3 saturated carbocycles. The van der Waals surface area contributed by atoms with Crippen LogP contribution in [0.3, 0.4) is 0 Å². The Morgan fingerprint density at radius 1 is 1.25 bits per heavy atom.